The summed E-state index contributed by atoms with van der Waals surface area (Å²) in [7, 11) is 0. The molecule has 0 saturated carbocycles. The minimum Gasteiger partial charge on any atom is -0.308 e. The molecule has 1 aromatic rings. The van der Waals surface area contributed by atoms with Gasteiger partial charge >= 0.3 is 0 Å². The van der Waals surface area contributed by atoms with Crippen LogP contribution in [0.4, 0.5) is 0 Å². The molecule has 0 aliphatic rings. The molecule has 0 aliphatic heterocycles. The Morgan fingerprint density at radius 2 is 1.93 bits per heavy atom. The van der Waals surface area contributed by atoms with Crippen LogP contribution in [0, 0.1) is 0 Å². The monoisotopic (exact) mass is 192 g/mol. The molecule has 0 amide bonds. The van der Waals surface area contributed by atoms with Gasteiger partial charge in [-0.15, -0.1) is 0 Å². The number of nitrogens with one attached hydrogen (secondary N) is 1. The number of nitrogens with zero attached hydrogens (tertiary/aromatic N) is 2. The number of aromatic nitrogens is 1. The van der Waals surface area contributed by atoms with Gasteiger partial charge in [0.25, 0.3) is 0 Å². The maximum Gasteiger partial charge on any atom is 0.143 e. The van der Waals surface area contributed by atoms with Gasteiger partial charge in [-0.2, -0.15) is 0 Å². The molecule has 0 unspecified atom stereocenters. The summed E-state index contributed by atoms with van der Waals surface area (Å²) in [4.78, 5) is 8.39. The van der Waals surface area contributed by atoms with Gasteiger partial charge in [0, 0.05) is 18.0 Å². The van der Waals surface area contributed by atoms with E-state index in [1.807, 2.05) is 32.9 Å². The number of hydrogen-bond acceptors (Lipinski definition) is 3. The van der Waals surface area contributed by atoms with Crippen LogP contribution in [-0.2, 0) is 0 Å². The van der Waals surface area contributed by atoms with Crippen LogP contribution in [0.2, 0.25) is 0 Å². The van der Waals surface area contributed by atoms with E-state index in [0.29, 0.717) is 5.84 Å². The van der Waals surface area contributed by atoms with Gasteiger partial charge in [-0.1, -0.05) is 0 Å². The smallest absolute Gasteiger partial charge is 0.143 e. The third-order valence-corrected chi connectivity index (χ3v) is 1.54. The first-order chi connectivity index (χ1) is 6.53. The van der Waals surface area contributed by atoms with Crippen molar-refractivity contribution in [3.63, 3.8) is 0 Å². The molecule has 76 valence electrons. The van der Waals surface area contributed by atoms with Crippen molar-refractivity contribution in [2.75, 3.05) is 0 Å². The average Bonchev–Trinajstić information content (AvgIpc) is 2.14. The molecule has 14 heavy (non-hydrogen) atoms. The molecular weight excluding hydrogens is 176 g/mol. The van der Waals surface area contributed by atoms with Crippen molar-refractivity contribution in [2.24, 2.45) is 10.8 Å². The van der Waals surface area contributed by atoms with E-state index >= 15 is 0 Å². The Kier molecular flexibility index (Phi) is 3.19. The van der Waals surface area contributed by atoms with E-state index in [0.717, 1.165) is 5.56 Å². The van der Waals surface area contributed by atoms with Gasteiger partial charge < -0.3 is 5.43 Å². The average molecular weight is 192 g/mol. The molecule has 0 spiro atoms. The van der Waals surface area contributed by atoms with E-state index in [-0.39, 0.29) is 5.54 Å². The summed E-state index contributed by atoms with van der Waals surface area (Å²) >= 11 is 0. The summed E-state index contributed by atoms with van der Waals surface area (Å²) in [5, 5.41) is 0. The molecule has 4 heteroatoms. The summed E-state index contributed by atoms with van der Waals surface area (Å²) in [5.41, 5.74) is 3.39. The number of hydrazine groups is 1. The van der Waals surface area contributed by atoms with Crippen molar-refractivity contribution in [1.29, 1.82) is 0 Å². The number of amidine groups is 1. The molecule has 0 aliphatic carbocycles. The third kappa shape index (κ3) is 3.14. The number of nitrogens with two attached hydrogens (primary N) is 1. The van der Waals surface area contributed by atoms with Crippen LogP contribution in [0.1, 0.15) is 26.3 Å². The molecule has 1 rings (SSSR count). The highest BCUT2D eigenvalue weighted by atomic mass is 15.3. The number of hydrogen-bond donors (Lipinski definition) is 2. The zero-order valence-corrected chi connectivity index (χ0v) is 8.78. The molecule has 1 aromatic heterocycles. The van der Waals surface area contributed by atoms with Crippen LogP contribution in [0.15, 0.2) is 29.5 Å². The zero-order valence-electron chi connectivity index (χ0n) is 8.78. The van der Waals surface area contributed by atoms with Gasteiger partial charge in [0.2, 0.25) is 0 Å². The Hall–Kier alpha value is -1.42. The topological polar surface area (TPSA) is 63.3 Å². The maximum atomic E-state index is 5.41. The van der Waals surface area contributed by atoms with Crippen LogP contribution in [0.5, 0.6) is 0 Å². The third-order valence-electron chi connectivity index (χ3n) is 1.54. The first-order valence-corrected chi connectivity index (χ1v) is 4.50. The fourth-order valence-corrected chi connectivity index (χ4v) is 1.03. The standard InChI is InChI=1S/C10H16N4/c1-10(2,3)13-9(14-11)8-4-6-12-7-5-8/h4-7H,11H2,1-3H3,(H,13,14). The van der Waals surface area contributed by atoms with E-state index in [2.05, 4.69) is 15.4 Å². The van der Waals surface area contributed by atoms with Gasteiger partial charge in [-0.05, 0) is 32.9 Å². The molecule has 0 bridgehead atoms. The predicted molar refractivity (Wildman–Crippen MR) is 57.9 cm³/mol. The molecule has 3 N–H and O–H groups in total. The van der Waals surface area contributed by atoms with Crippen molar-refractivity contribution in [3.8, 4) is 0 Å². The van der Waals surface area contributed by atoms with Crippen molar-refractivity contribution in [1.82, 2.24) is 10.4 Å². The molecule has 0 atom stereocenters. The zero-order chi connectivity index (χ0) is 10.6. The molecule has 0 radical (unpaired) electrons. The second-order valence-electron chi connectivity index (χ2n) is 4.01. The summed E-state index contributed by atoms with van der Waals surface area (Å²) < 4.78 is 0. The fourth-order valence-electron chi connectivity index (χ4n) is 1.03. The van der Waals surface area contributed by atoms with Gasteiger partial charge in [0.05, 0.1) is 5.54 Å². The second-order valence-corrected chi connectivity index (χ2v) is 4.01. The van der Waals surface area contributed by atoms with Crippen LogP contribution in [0.25, 0.3) is 0 Å². The lowest BCUT2D eigenvalue weighted by Crippen LogP contribution is -2.33. The van der Waals surface area contributed by atoms with E-state index in [9.17, 15) is 0 Å². The summed E-state index contributed by atoms with van der Waals surface area (Å²) in [6, 6.07) is 3.73. The largest absolute Gasteiger partial charge is 0.308 e. The van der Waals surface area contributed by atoms with Gasteiger partial charge in [0.1, 0.15) is 5.84 Å². The molecular formula is C10H16N4. The number of rotatable bonds is 1. The van der Waals surface area contributed by atoms with Crippen molar-refractivity contribution in [2.45, 2.75) is 26.3 Å². The molecule has 0 fully saturated rings. The van der Waals surface area contributed by atoms with Gasteiger partial charge in [-0.3, -0.25) is 9.98 Å². The van der Waals surface area contributed by atoms with E-state index in [1.54, 1.807) is 12.4 Å². The highest BCUT2D eigenvalue weighted by Crippen LogP contribution is 2.08. The van der Waals surface area contributed by atoms with Crippen LogP contribution in [0.3, 0.4) is 0 Å². The lowest BCUT2D eigenvalue weighted by atomic mass is 10.1. The Bertz CT molecular complexity index is 311. The van der Waals surface area contributed by atoms with Crippen LogP contribution in [-0.4, -0.2) is 16.4 Å². The van der Waals surface area contributed by atoms with E-state index < -0.39 is 0 Å². The highest BCUT2D eigenvalue weighted by Gasteiger charge is 2.10. The van der Waals surface area contributed by atoms with Gasteiger partial charge in [0.15, 0.2) is 0 Å². The van der Waals surface area contributed by atoms with Crippen molar-refractivity contribution >= 4 is 5.84 Å². The van der Waals surface area contributed by atoms with Crippen LogP contribution >= 0.6 is 0 Å². The maximum absolute atomic E-state index is 5.41. The Labute approximate surface area is 84.2 Å². The quantitative estimate of drug-likeness (QED) is 0.303. The Morgan fingerprint density at radius 3 is 2.36 bits per heavy atom. The Morgan fingerprint density at radius 1 is 1.36 bits per heavy atom. The molecule has 4 nitrogen and oxygen atoms in total. The summed E-state index contributed by atoms with van der Waals surface area (Å²) in [6.07, 6.45) is 3.43. The molecule has 0 aromatic carbocycles. The first-order valence-electron chi connectivity index (χ1n) is 4.50. The van der Waals surface area contributed by atoms with E-state index in [4.69, 9.17) is 5.84 Å². The van der Waals surface area contributed by atoms with E-state index in [1.165, 1.54) is 0 Å². The minimum absolute atomic E-state index is 0.148. The van der Waals surface area contributed by atoms with Crippen LogP contribution < -0.4 is 11.3 Å². The lowest BCUT2D eigenvalue weighted by molar-refractivity contribution is 0.580. The van der Waals surface area contributed by atoms with Gasteiger partial charge in [-0.25, -0.2) is 5.84 Å². The molecule has 1 heterocycles. The lowest BCUT2D eigenvalue weighted by Gasteiger charge is -2.15. The minimum atomic E-state index is -0.148. The Balaban J connectivity index is 3.00. The fraction of sp³-hybridized carbons (Fsp3) is 0.400. The van der Waals surface area contributed by atoms with Crippen molar-refractivity contribution < 1.29 is 0 Å². The predicted octanol–water partition coefficient (Wildman–Crippen LogP) is 1.09. The second kappa shape index (κ2) is 4.19. The summed E-state index contributed by atoms with van der Waals surface area (Å²) in [6.45, 7) is 6.06. The first kappa shape index (κ1) is 10.7. The van der Waals surface area contributed by atoms with Crippen molar-refractivity contribution in [3.05, 3.63) is 30.1 Å². The molecule has 0 saturated heterocycles. The number of aliphatic imine (C=N–C) groups is 1. The summed E-state index contributed by atoms with van der Waals surface area (Å²) in [5.74, 6) is 6.09. The normalized spacial score (nSPS) is 12.7. The highest BCUT2D eigenvalue weighted by molar-refractivity contribution is 5.98. The number of pyridine rings is 1. The SMILES string of the molecule is CC(C)(C)N=C(NN)c1ccncc1.